The molecule has 2 aromatic heterocycles. The summed E-state index contributed by atoms with van der Waals surface area (Å²) in [4.78, 5) is 24.8. The lowest BCUT2D eigenvalue weighted by Crippen LogP contribution is -2.22. The van der Waals surface area contributed by atoms with Crippen molar-refractivity contribution in [2.24, 2.45) is 0 Å². The van der Waals surface area contributed by atoms with Crippen molar-refractivity contribution in [1.29, 1.82) is 0 Å². The van der Waals surface area contributed by atoms with Gasteiger partial charge in [-0.1, -0.05) is 0 Å². The number of imidazole rings is 2. The van der Waals surface area contributed by atoms with Crippen LogP contribution in [0.15, 0.2) is 6.20 Å². The number of carboxylic acid groups (broad SMARTS) is 1. The smallest absolute Gasteiger partial charge is 0.407 e. The van der Waals surface area contributed by atoms with Crippen LogP contribution in [0.1, 0.15) is 24.4 Å². The third kappa shape index (κ3) is 2.28. The van der Waals surface area contributed by atoms with Gasteiger partial charge in [-0.2, -0.15) is 0 Å². The number of fused-ring (bicyclic) bond motifs is 1. The summed E-state index contributed by atoms with van der Waals surface area (Å²) in [6.07, 6.45) is 2.03. The summed E-state index contributed by atoms with van der Waals surface area (Å²) in [7, 11) is 0. The zero-order valence-electron chi connectivity index (χ0n) is 10.6. The van der Waals surface area contributed by atoms with Gasteiger partial charge in [0.25, 0.3) is 0 Å². The number of aliphatic carboxylic acids is 1. The van der Waals surface area contributed by atoms with Gasteiger partial charge in [0.05, 0.1) is 0 Å². The predicted molar refractivity (Wildman–Crippen MR) is 63.6 cm³/mol. The molecule has 102 valence electrons. The summed E-state index contributed by atoms with van der Waals surface area (Å²) in [6.45, 7) is 3.88. The number of rotatable bonds is 5. The molecule has 0 radical (unpaired) electrons. The van der Waals surface area contributed by atoms with Gasteiger partial charge in [0.2, 0.25) is 11.5 Å². The van der Waals surface area contributed by atoms with Crippen LogP contribution >= 0.6 is 0 Å². The first kappa shape index (κ1) is 13.1. The molecule has 0 aliphatic carbocycles. The number of aromatic nitrogens is 3. The fraction of sp³-hybridized carbons (Fsp3) is 0.455. The number of aryl methyl sites for hydroxylation is 3. The monoisotopic (exact) mass is 265 g/mol. The lowest BCUT2D eigenvalue weighted by molar-refractivity contribution is -0.387. The summed E-state index contributed by atoms with van der Waals surface area (Å²) in [5.41, 5.74) is 1.21. The molecule has 0 bridgehead atoms. The number of hydrogen-bond donors (Lipinski definition) is 0. The molecule has 2 rings (SSSR count). The first-order chi connectivity index (χ1) is 8.91. The predicted octanol–water partition coefficient (Wildman–Crippen LogP) is 0.191. The van der Waals surface area contributed by atoms with Crippen molar-refractivity contribution in [2.45, 2.75) is 33.2 Å². The maximum Gasteiger partial charge on any atom is 0.407 e. The topological polar surface area (TPSA) is 106 Å². The second kappa shape index (κ2) is 4.71. The Hall–Kier alpha value is -2.38. The highest BCUT2D eigenvalue weighted by molar-refractivity contribution is 5.64. The second-order valence-electron chi connectivity index (χ2n) is 4.33. The lowest BCUT2D eigenvalue weighted by Gasteiger charge is -2.06. The van der Waals surface area contributed by atoms with E-state index in [1.807, 2.05) is 6.92 Å². The van der Waals surface area contributed by atoms with Gasteiger partial charge in [0.15, 0.2) is 0 Å². The third-order valence-corrected chi connectivity index (χ3v) is 2.98. The highest BCUT2D eigenvalue weighted by atomic mass is 16.6. The summed E-state index contributed by atoms with van der Waals surface area (Å²) in [6, 6.07) is 0. The van der Waals surface area contributed by atoms with Crippen molar-refractivity contribution in [3.05, 3.63) is 27.8 Å². The Morgan fingerprint density at radius 1 is 1.47 bits per heavy atom. The largest absolute Gasteiger partial charge is 0.550 e. The minimum Gasteiger partial charge on any atom is -0.550 e. The summed E-state index contributed by atoms with van der Waals surface area (Å²) < 4.78 is 3.35. The van der Waals surface area contributed by atoms with E-state index in [1.54, 1.807) is 22.1 Å². The van der Waals surface area contributed by atoms with Gasteiger partial charge in [-0.25, -0.2) is 0 Å². The average molecular weight is 265 g/mol. The van der Waals surface area contributed by atoms with Crippen LogP contribution in [0, 0.1) is 24.0 Å². The Morgan fingerprint density at radius 3 is 2.74 bits per heavy atom. The molecule has 0 atom stereocenters. The van der Waals surface area contributed by atoms with Gasteiger partial charge < -0.3 is 24.6 Å². The number of hydrogen-bond acceptors (Lipinski definition) is 5. The van der Waals surface area contributed by atoms with Gasteiger partial charge in [0, 0.05) is 31.3 Å². The fourth-order valence-electron chi connectivity index (χ4n) is 2.13. The van der Waals surface area contributed by atoms with Crippen LogP contribution in [0.25, 0.3) is 5.65 Å². The number of carbonyl (C=O) groups is 1. The van der Waals surface area contributed by atoms with E-state index >= 15 is 0 Å². The molecule has 0 aliphatic rings. The van der Waals surface area contributed by atoms with Gasteiger partial charge in [0.1, 0.15) is 0 Å². The molecule has 0 N–H and O–H groups in total. The lowest BCUT2D eigenvalue weighted by atomic mass is 10.3. The number of nitrogens with zero attached hydrogens (tertiary/aromatic N) is 4. The highest BCUT2D eigenvalue weighted by Crippen LogP contribution is 2.23. The van der Waals surface area contributed by atoms with E-state index in [4.69, 9.17) is 0 Å². The van der Waals surface area contributed by atoms with Crippen LogP contribution < -0.4 is 5.11 Å². The van der Waals surface area contributed by atoms with Crippen LogP contribution in [-0.2, 0) is 11.3 Å². The first-order valence-electron chi connectivity index (χ1n) is 5.81. The zero-order chi connectivity index (χ0) is 14.2. The van der Waals surface area contributed by atoms with Crippen LogP contribution in [0.4, 0.5) is 5.82 Å². The number of carbonyl (C=O) groups excluding carboxylic acids is 1. The number of nitro groups is 1. The van der Waals surface area contributed by atoms with Crippen molar-refractivity contribution in [3.8, 4) is 0 Å². The standard InChI is InChI=1S/C11H14N4O4/c1-7-6-14-8(2)12-10(15(18)19)11(14)13(7)5-3-4-9(16)17/h6H,3-5H2,1-2H3,(H,16,17)/p-1. The maximum absolute atomic E-state index is 11.0. The first-order valence-corrected chi connectivity index (χ1v) is 5.81. The van der Waals surface area contributed by atoms with E-state index < -0.39 is 10.9 Å². The Morgan fingerprint density at radius 2 is 2.16 bits per heavy atom. The molecule has 8 heteroatoms. The fourth-order valence-corrected chi connectivity index (χ4v) is 2.13. The average Bonchev–Trinajstić information content (AvgIpc) is 2.78. The van der Waals surface area contributed by atoms with Crippen LogP contribution in [0.2, 0.25) is 0 Å². The van der Waals surface area contributed by atoms with E-state index in [9.17, 15) is 20.0 Å². The molecule has 19 heavy (non-hydrogen) atoms. The van der Waals surface area contributed by atoms with Crippen molar-refractivity contribution in [2.75, 3.05) is 0 Å². The molecule has 0 aromatic carbocycles. The molecule has 2 heterocycles. The SMILES string of the molecule is Cc1cn2c(C)nc([N+](=O)[O-])c2n1CCCC(=O)[O-]. The van der Waals surface area contributed by atoms with Gasteiger partial charge in [-0.15, -0.1) is 0 Å². The Kier molecular flexibility index (Phi) is 3.24. The van der Waals surface area contributed by atoms with Crippen molar-refractivity contribution in [1.82, 2.24) is 14.0 Å². The molecule has 0 saturated heterocycles. The highest BCUT2D eigenvalue weighted by Gasteiger charge is 2.24. The minimum absolute atomic E-state index is 0.0787. The van der Waals surface area contributed by atoms with Gasteiger partial charge in [-0.05, 0) is 29.7 Å². The Balaban J connectivity index is 2.44. The van der Waals surface area contributed by atoms with Crippen molar-refractivity contribution < 1.29 is 14.8 Å². The van der Waals surface area contributed by atoms with Crippen molar-refractivity contribution >= 4 is 17.4 Å². The van der Waals surface area contributed by atoms with Gasteiger partial charge in [-0.3, -0.25) is 4.40 Å². The normalized spacial score (nSPS) is 11.1. The molecular weight excluding hydrogens is 252 g/mol. The molecule has 0 amide bonds. The van der Waals surface area contributed by atoms with Gasteiger partial charge >= 0.3 is 5.82 Å². The maximum atomic E-state index is 11.0. The van der Waals surface area contributed by atoms with Crippen LogP contribution in [0.5, 0.6) is 0 Å². The van der Waals surface area contributed by atoms with Crippen molar-refractivity contribution in [3.63, 3.8) is 0 Å². The molecule has 0 fully saturated rings. The van der Waals surface area contributed by atoms with E-state index in [0.717, 1.165) is 5.69 Å². The number of carboxylic acids is 1. The van der Waals surface area contributed by atoms with E-state index in [-0.39, 0.29) is 12.2 Å². The summed E-state index contributed by atoms with van der Waals surface area (Å²) in [5, 5.41) is 21.4. The molecule has 0 spiro atoms. The third-order valence-electron chi connectivity index (χ3n) is 2.98. The molecule has 0 unspecified atom stereocenters. The summed E-state index contributed by atoms with van der Waals surface area (Å²) >= 11 is 0. The van der Waals surface area contributed by atoms with E-state index in [0.29, 0.717) is 24.4 Å². The molecule has 0 aliphatic heterocycles. The second-order valence-corrected chi connectivity index (χ2v) is 4.33. The van der Waals surface area contributed by atoms with E-state index in [2.05, 4.69) is 4.98 Å². The molecule has 2 aromatic rings. The van der Waals surface area contributed by atoms with Crippen LogP contribution in [0.3, 0.4) is 0 Å². The quantitative estimate of drug-likeness (QED) is 0.566. The zero-order valence-corrected chi connectivity index (χ0v) is 10.6. The molecule has 0 saturated carbocycles. The molecule has 8 nitrogen and oxygen atoms in total. The minimum atomic E-state index is -1.12. The molecular formula is C11H13N4O4-. The Labute approximate surface area is 108 Å². The van der Waals surface area contributed by atoms with Crippen LogP contribution in [-0.4, -0.2) is 24.8 Å². The Bertz CT molecular complexity index is 655. The van der Waals surface area contributed by atoms with E-state index in [1.165, 1.54) is 0 Å². The summed E-state index contributed by atoms with van der Waals surface area (Å²) in [5.74, 6) is -0.803.